The van der Waals surface area contributed by atoms with Crippen LogP contribution in [0.2, 0.25) is 0 Å². The van der Waals surface area contributed by atoms with Crippen molar-refractivity contribution < 1.29 is 33.7 Å². The zero-order valence-corrected chi connectivity index (χ0v) is 22.9. The number of unbranched alkanes of at least 4 members (excludes halogenated alkanes) is 2. The molecule has 1 amide bonds. The van der Waals surface area contributed by atoms with E-state index in [0.717, 1.165) is 19.3 Å². The number of amides is 1. The highest BCUT2D eigenvalue weighted by atomic mass is 16.5. The predicted octanol–water partition coefficient (Wildman–Crippen LogP) is 6.07. The van der Waals surface area contributed by atoms with E-state index in [9.17, 15) is 19.5 Å². The Morgan fingerprint density at radius 2 is 1.60 bits per heavy atom. The molecule has 1 aliphatic rings. The number of anilines is 1. The highest BCUT2D eigenvalue weighted by Gasteiger charge is 2.47. The molecule has 1 unspecified atom stereocenters. The molecule has 0 bridgehead atoms. The maximum atomic E-state index is 13.4. The van der Waals surface area contributed by atoms with Crippen LogP contribution in [0.3, 0.4) is 0 Å². The number of hydrogen-bond donors (Lipinski definition) is 1. The number of nitrogens with zero attached hydrogens (tertiary/aromatic N) is 1. The maximum absolute atomic E-state index is 13.4. The van der Waals surface area contributed by atoms with E-state index in [-0.39, 0.29) is 17.9 Å². The first kappa shape index (κ1) is 28.4. The van der Waals surface area contributed by atoms with Crippen molar-refractivity contribution in [3.63, 3.8) is 0 Å². The van der Waals surface area contributed by atoms with Crippen LogP contribution in [-0.2, 0) is 14.3 Å². The van der Waals surface area contributed by atoms with E-state index in [4.69, 9.17) is 14.2 Å². The van der Waals surface area contributed by atoms with Gasteiger partial charge in [-0.15, -0.1) is 0 Å². The highest BCUT2D eigenvalue weighted by molar-refractivity contribution is 6.51. The second-order valence-corrected chi connectivity index (χ2v) is 9.29. The van der Waals surface area contributed by atoms with Gasteiger partial charge in [0.2, 0.25) is 0 Å². The summed E-state index contributed by atoms with van der Waals surface area (Å²) >= 11 is 0. The average Bonchev–Trinajstić information content (AvgIpc) is 3.25. The number of ketones is 1. The number of ether oxygens (including phenoxy) is 3. The molecule has 1 fully saturated rings. The van der Waals surface area contributed by atoms with Gasteiger partial charge in [-0.2, -0.15) is 0 Å². The van der Waals surface area contributed by atoms with E-state index in [2.05, 4.69) is 6.92 Å². The summed E-state index contributed by atoms with van der Waals surface area (Å²) in [7, 11) is 1.52. The normalized spacial score (nSPS) is 16.2. The molecule has 40 heavy (non-hydrogen) atoms. The number of benzene rings is 3. The molecule has 8 nitrogen and oxygen atoms in total. The first-order chi connectivity index (χ1) is 19.4. The smallest absolute Gasteiger partial charge is 0.338 e. The van der Waals surface area contributed by atoms with Crippen molar-refractivity contribution in [2.24, 2.45) is 0 Å². The molecule has 1 saturated heterocycles. The lowest BCUT2D eigenvalue weighted by Crippen LogP contribution is -2.29. The molecule has 1 heterocycles. The molecule has 1 atom stereocenters. The van der Waals surface area contributed by atoms with Crippen LogP contribution in [0, 0.1) is 0 Å². The Bertz CT molecular complexity index is 1390. The Labute approximate surface area is 233 Å². The first-order valence-corrected chi connectivity index (χ1v) is 13.3. The van der Waals surface area contributed by atoms with Crippen LogP contribution < -0.4 is 14.4 Å². The maximum Gasteiger partial charge on any atom is 0.338 e. The van der Waals surface area contributed by atoms with Gasteiger partial charge in [0.15, 0.2) is 0 Å². The summed E-state index contributed by atoms with van der Waals surface area (Å²) in [6, 6.07) is 19.1. The molecule has 0 saturated carbocycles. The summed E-state index contributed by atoms with van der Waals surface area (Å²) in [5.74, 6) is -1.22. The number of Topliss-reactive ketones (excluding diaryl/α,β-unsaturated/α-hetero) is 1. The summed E-state index contributed by atoms with van der Waals surface area (Å²) in [6.07, 6.45) is 3.12. The molecule has 0 aromatic heterocycles. The quantitative estimate of drug-likeness (QED) is 0.103. The Balaban J connectivity index is 1.75. The van der Waals surface area contributed by atoms with Gasteiger partial charge in [0.25, 0.3) is 11.7 Å². The summed E-state index contributed by atoms with van der Waals surface area (Å²) in [6.45, 7) is 4.67. The average molecular weight is 544 g/mol. The summed E-state index contributed by atoms with van der Waals surface area (Å²) in [4.78, 5) is 40.3. The van der Waals surface area contributed by atoms with Gasteiger partial charge < -0.3 is 19.3 Å². The van der Waals surface area contributed by atoms with Crippen LogP contribution in [0.4, 0.5) is 5.69 Å². The van der Waals surface area contributed by atoms with Gasteiger partial charge >= 0.3 is 5.97 Å². The van der Waals surface area contributed by atoms with E-state index >= 15 is 0 Å². The minimum Gasteiger partial charge on any atom is -0.507 e. The van der Waals surface area contributed by atoms with Gasteiger partial charge in [-0.25, -0.2) is 4.79 Å². The van der Waals surface area contributed by atoms with Gasteiger partial charge in [0.1, 0.15) is 17.3 Å². The molecule has 208 valence electrons. The van der Waals surface area contributed by atoms with E-state index in [1.165, 1.54) is 24.1 Å². The molecule has 0 spiro atoms. The van der Waals surface area contributed by atoms with Crippen molar-refractivity contribution >= 4 is 29.1 Å². The van der Waals surface area contributed by atoms with Crippen LogP contribution >= 0.6 is 0 Å². The fraction of sp³-hybridized carbons (Fsp3) is 0.281. The zero-order valence-electron chi connectivity index (χ0n) is 22.9. The predicted molar refractivity (Wildman–Crippen MR) is 152 cm³/mol. The molecule has 8 heteroatoms. The lowest BCUT2D eigenvalue weighted by atomic mass is 9.95. The van der Waals surface area contributed by atoms with Gasteiger partial charge in [-0.05, 0) is 79.6 Å². The molecular formula is C32H33NO7. The molecule has 4 rings (SSSR count). The number of aliphatic hydroxyl groups excluding tert-OH is 1. The second-order valence-electron chi connectivity index (χ2n) is 9.29. The molecule has 3 aromatic carbocycles. The lowest BCUT2D eigenvalue weighted by molar-refractivity contribution is -0.132. The molecule has 3 aromatic rings. The molecule has 0 aliphatic carbocycles. The summed E-state index contributed by atoms with van der Waals surface area (Å²) in [5, 5.41) is 11.4. The third-order valence-corrected chi connectivity index (χ3v) is 6.65. The fourth-order valence-corrected chi connectivity index (χ4v) is 4.60. The topological polar surface area (TPSA) is 102 Å². The van der Waals surface area contributed by atoms with Crippen molar-refractivity contribution in [2.75, 3.05) is 25.2 Å². The Kier molecular flexibility index (Phi) is 9.22. The number of hydrogen-bond acceptors (Lipinski definition) is 7. The SMILES string of the molecule is CCCCCOc1ccc(/C(O)=C2\C(=O)C(=O)N(c3ccc(C(=O)OCC)cc3)C2c2cccc(OC)c2)cc1. The number of carbonyl (C=O) groups is 3. The molecule has 1 N–H and O–H groups in total. The van der Waals surface area contributed by atoms with E-state index in [0.29, 0.717) is 40.5 Å². The van der Waals surface area contributed by atoms with Crippen LogP contribution in [0.15, 0.2) is 78.4 Å². The Morgan fingerprint density at radius 1 is 0.900 bits per heavy atom. The summed E-state index contributed by atoms with van der Waals surface area (Å²) < 4.78 is 16.2. The highest BCUT2D eigenvalue weighted by Crippen LogP contribution is 2.43. The fourth-order valence-electron chi connectivity index (χ4n) is 4.60. The van der Waals surface area contributed by atoms with Crippen molar-refractivity contribution in [1.29, 1.82) is 0 Å². The van der Waals surface area contributed by atoms with E-state index < -0.39 is 23.7 Å². The van der Waals surface area contributed by atoms with E-state index in [1.807, 2.05) is 0 Å². The standard InChI is InChI=1S/C32H33NO7/c1-4-6-7-19-40-25-17-13-21(14-18-25)29(34)27-28(23-9-8-10-26(20-23)38-3)33(31(36)30(27)35)24-15-11-22(12-16-24)32(37)39-5-2/h8-18,20,28,34H,4-7,19H2,1-3H3/b29-27+. The van der Waals surface area contributed by atoms with Gasteiger partial charge in [-0.1, -0.05) is 31.9 Å². The van der Waals surface area contributed by atoms with Gasteiger partial charge in [0.05, 0.1) is 37.5 Å². The van der Waals surface area contributed by atoms with Crippen molar-refractivity contribution in [1.82, 2.24) is 0 Å². The number of methoxy groups -OCH3 is 1. The van der Waals surface area contributed by atoms with Crippen LogP contribution in [0.1, 0.15) is 60.6 Å². The zero-order chi connectivity index (χ0) is 28.6. The minimum absolute atomic E-state index is 0.0515. The monoisotopic (exact) mass is 543 g/mol. The van der Waals surface area contributed by atoms with Gasteiger partial charge in [-0.3, -0.25) is 14.5 Å². The van der Waals surface area contributed by atoms with Crippen LogP contribution in [0.25, 0.3) is 5.76 Å². The Hall–Kier alpha value is -4.59. The van der Waals surface area contributed by atoms with Gasteiger partial charge in [0, 0.05) is 11.3 Å². The van der Waals surface area contributed by atoms with E-state index in [1.54, 1.807) is 67.6 Å². The van der Waals surface area contributed by atoms with Crippen LogP contribution in [-0.4, -0.2) is 43.1 Å². The number of esters is 1. The number of aliphatic hydroxyl groups is 1. The van der Waals surface area contributed by atoms with Crippen LogP contribution in [0.5, 0.6) is 11.5 Å². The number of carbonyl (C=O) groups excluding carboxylic acids is 3. The Morgan fingerprint density at radius 3 is 2.25 bits per heavy atom. The molecule has 0 radical (unpaired) electrons. The largest absolute Gasteiger partial charge is 0.507 e. The third kappa shape index (κ3) is 6.01. The third-order valence-electron chi connectivity index (χ3n) is 6.65. The van der Waals surface area contributed by atoms with Crippen molar-refractivity contribution in [3.8, 4) is 11.5 Å². The number of rotatable bonds is 11. The minimum atomic E-state index is -0.937. The lowest BCUT2D eigenvalue weighted by Gasteiger charge is -2.26. The van der Waals surface area contributed by atoms with Crippen molar-refractivity contribution in [2.45, 2.75) is 39.2 Å². The molecular weight excluding hydrogens is 510 g/mol. The first-order valence-electron chi connectivity index (χ1n) is 13.3. The molecule has 1 aliphatic heterocycles. The van der Waals surface area contributed by atoms with Crippen molar-refractivity contribution in [3.05, 3.63) is 95.1 Å². The second kappa shape index (κ2) is 13.0. The summed E-state index contributed by atoms with van der Waals surface area (Å²) in [5.41, 5.74) is 1.61.